The molecule has 1 heterocycles. The summed E-state index contributed by atoms with van der Waals surface area (Å²) in [7, 11) is 1.51. The van der Waals surface area contributed by atoms with Crippen LogP contribution < -0.4 is 10.5 Å². The minimum atomic E-state index is -0.466. The summed E-state index contributed by atoms with van der Waals surface area (Å²) in [4.78, 5) is 4.17. The van der Waals surface area contributed by atoms with Crippen molar-refractivity contribution in [3.63, 3.8) is 0 Å². The van der Waals surface area contributed by atoms with Crippen molar-refractivity contribution in [2.24, 2.45) is 5.73 Å². The lowest BCUT2D eigenvalue weighted by Crippen LogP contribution is -2.13. The van der Waals surface area contributed by atoms with Crippen molar-refractivity contribution in [1.82, 2.24) is 4.98 Å². The molecular formula is C13H14N2O2. The molecule has 2 aromatic rings. The molecule has 0 aliphatic rings. The highest BCUT2D eigenvalue weighted by Gasteiger charge is 2.16. The number of phenolic OH excluding ortho intramolecular Hbond substituents is 1. The number of hydrogen-bond donors (Lipinski definition) is 2. The number of hydrogen-bond acceptors (Lipinski definition) is 4. The third-order valence-corrected chi connectivity index (χ3v) is 2.59. The molecule has 4 nitrogen and oxygen atoms in total. The molecule has 1 atom stereocenters. The van der Waals surface area contributed by atoms with E-state index in [0.29, 0.717) is 17.0 Å². The van der Waals surface area contributed by atoms with Gasteiger partial charge < -0.3 is 15.6 Å². The van der Waals surface area contributed by atoms with Crippen LogP contribution in [-0.2, 0) is 0 Å². The number of nitrogens with two attached hydrogens (primary N) is 1. The topological polar surface area (TPSA) is 68.4 Å². The van der Waals surface area contributed by atoms with Crippen LogP contribution in [-0.4, -0.2) is 17.2 Å². The van der Waals surface area contributed by atoms with Gasteiger partial charge in [-0.3, -0.25) is 4.98 Å². The van der Waals surface area contributed by atoms with E-state index >= 15 is 0 Å². The zero-order valence-electron chi connectivity index (χ0n) is 9.50. The maximum Gasteiger partial charge on any atom is 0.162 e. The Morgan fingerprint density at radius 3 is 2.71 bits per heavy atom. The molecule has 0 saturated carbocycles. The van der Waals surface area contributed by atoms with Crippen molar-refractivity contribution in [1.29, 1.82) is 0 Å². The van der Waals surface area contributed by atoms with E-state index in [1.54, 1.807) is 24.4 Å². The molecule has 0 saturated heterocycles. The maximum absolute atomic E-state index is 9.99. The monoisotopic (exact) mass is 230 g/mol. The summed E-state index contributed by atoms with van der Waals surface area (Å²) in [5.41, 5.74) is 7.37. The summed E-state index contributed by atoms with van der Waals surface area (Å²) in [5, 5.41) is 9.99. The smallest absolute Gasteiger partial charge is 0.162 e. The molecular weight excluding hydrogens is 216 g/mol. The quantitative estimate of drug-likeness (QED) is 0.844. The van der Waals surface area contributed by atoms with Gasteiger partial charge in [-0.15, -0.1) is 0 Å². The Labute approximate surface area is 99.7 Å². The molecule has 0 radical (unpaired) electrons. The molecule has 2 rings (SSSR count). The van der Waals surface area contributed by atoms with Crippen LogP contribution in [0.25, 0.3) is 0 Å². The highest BCUT2D eigenvalue weighted by Crippen LogP contribution is 2.34. The Kier molecular flexibility index (Phi) is 3.25. The van der Waals surface area contributed by atoms with Crippen LogP contribution in [0, 0.1) is 0 Å². The number of methoxy groups -OCH3 is 1. The second kappa shape index (κ2) is 4.84. The molecule has 0 aliphatic heterocycles. The van der Waals surface area contributed by atoms with Gasteiger partial charge in [-0.25, -0.2) is 0 Å². The lowest BCUT2D eigenvalue weighted by atomic mass is 10.0. The normalized spacial score (nSPS) is 12.1. The number of benzene rings is 1. The van der Waals surface area contributed by atoms with Crippen molar-refractivity contribution in [2.75, 3.05) is 7.11 Å². The number of aromatic hydroxyl groups is 1. The van der Waals surface area contributed by atoms with Gasteiger partial charge in [-0.2, -0.15) is 0 Å². The lowest BCUT2D eigenvalue weighted by Gasteiger charge is -2.14. The van der Waals surface area contributed by atoms with Crippen molar-refractivity contribution in [3.05, 3.63) is 53.9 Å². The fourth-order valence-electron chi connectivity index (χ4n) is 1.67. The minimum absolute atomic E-state index is 0.0631. The molecule has 88 valence electrons. The Balaban J connectivity index is 2.41. The third-order valence-electron chi connectivity index (χ3n) is 2.59. The zero-order chi connectivity index (χ0) is 12.3. The Hall–Kier alpha value is -2.07. The first kappa shape index (κ1) is 11.4. The molecule has 1 aromatic heterocycles. The van der Waals surface area contributed by atoms with E-state index in [-0.39, 0.29) is 5.75 Å². The van der Waals surface area contributed by atoms with E-state index in [4.69, 9.17) is 10.5 Å². The number of pyridine rings is 1. The van der Waals surface area contributed by atoms with E-state index in [0.717, 1.165) is 0 Å². The van der Waals surface area contributed by atoms with Crippen LogP contribution in [0.15, 0.2) is 42.6 Å². The van der Waals surface area contributed by atoms with E-state index in [1.165, 1.54) is 7.11 Å². The molecule has 0 aliphatic carbocycles. The van der Waals surface area contributed by atoms with Crippen molar-refractivity contribution < 1.29 is 9.84 Å². The number of nitrogens with zero attached hydrogens (tertiary/aromatic N) is 1. The van der Waals surface area contributed by atoms with E-state index in [2.05, 4.69) is 4.98 Å². The van der Waals surface area contributed by atoms with Crippen LogP contribution >= 0.6 is 0 Å². The van der Waals surface area contributed by atoms with Gasteiger partial charge >= 0.3 is 0 Å². The Morgan fingerprint density at radius 2 is 2.06 bits per heavy atom. The molecule has 4 heteroatoms. The number of ether oxygens (including phenoxy) is 1. The number of para-hydroxylation sites is 1. The average Bonchev–Trinajstić information content (AvgIpc) is 2.39. The van der Waals surface area contributed by atoms with Gasteiger partial charge in [-0.1, -0.05) is 18.2 Å². The second-order valence-electron chi connectivity index (χ2n) is 3.63. The third kappa shape index (κ3) is 2.21. The van der Waals surface area contributed by atoms with Gasteiger partial charge in [0.2, 0.25) is 0 Å². The summed E-state index contributed by atoms with van der Waals surface area (Å²) in [6.07, 6.45) is 1.67. The van der Waals surface area contributed by atoms with Crippen LogP contribution in [0.2, 0.25) is 0 Å². The fourth-order valence-corrected chi connectivity index (χ4v) is 1.67. The van der Waals surface area contributed by atoms with Crippen molar-refractivity contribution in [2.45, 2.75) is 6.04 Å². The zero-order valence-corrected chi connectivity index (χ0v) is 9.50. The van der Waals surface area contributed by atoms with Gasteiger partial charge in [-0.05, 0) is 18.2 Å². The summed E-state index contributed by atoms with van der Waals surface area (Å²) < 4.78 is 5.05. The highest BCUT2D eigenvalue weighted by molar-refractivity contribution is 5.48. The van der Waals surface area contributed by atoms with Gasteiger partial charge in [0.25, 0.3) is 0 Å². The summed E-state index contributed by atoms with van der Waals surface area (Å²) >= 11 is 0. The molecule has 0 amide bonds. The predicted octanol–water partition coefficient (Wildman–Crippen LogP) is 1.84. The van der Waals surface area contributed by atoms with Gasteiger partial charge in [0.15, 0.2) is 11.5 Å². The maximum atomic E-state index is 9.99. The summed E-state index contributed by atoms with van der Waals surface area (Å²) in [6, 6.07) is 10.3. The predicted molar refractivity (Wildman–Crippen MR) is 64.9 cm³/mol. The highest BCUT2D eigenvalue weighted by atomic mass is 16.5. The van der Waals surface area contributed by atoms with E-state index < -0.39 is 6.04 Å². The average molecular weight is 230 g/mol. The molecule has 1 unspecified atom stereocenters. The molecule has 1 aromatic carbocycles. The van der Waals surface area contributed by atoms with E-state index in [9.17, 15) is 5.11 Å². The van der Waals surface area contributed by atoms with Crippen LogP contribution in [0.3, 0.4) is 0 Å². The first-order valence-corrected chi connectivity index (χ1v) is 5.26. The molecule has 0 bridgehead atoms. The SMILES string of the molecule is COc1cccc(C(N)c2ccccn2)c1O. The number of phenols is 1. The largest absolute Gasteiger partial charge is 0.504 e. The van der Waals surface area contributed by atoms with Crippen molar-refractivity contribution in [3.8, 4) is 11.5 Å². The lowest BCUT2D eigenvalue weighted by molar-refractivity contribution is 0.369. The Bertz CT molecular complexity index is 500. The first-order valence-electron chi connectivity index (χ1n) is 5.26. The van der Waals surface area contributed by atoms with Crippen molar-refractivity contribution >= 4 is 0 Å². The standard InChI is InChI=1S/C13H14N2O2/c1-17-11-7-4-5-9(13(11)16)12(14)10-6-2-3-8-15-10/h2-8,12,16H,14H2,1H3. The summed E-state index contributed by atoms with van der Waals surface area (Å²) in [6.45, 7) is 0. The summed E-state index contributed by atoms with van der Waals surface area (Å²) in [5.74, 6) is 0.474. The minimum Gasteiger partial charge on any atom is -0.504 e. The van der Waals surface area contributed by atoms with Crippen LogP contribution in [0.4, 0.5) is 0 Å². The van der Waals surface area contributed by atoms with Crippen LogP contribution in [0.1, 0.15) is 17.3 Å². The van der Waals surface area contributed by atoms with Gasteiger partial charge in [0.1, 0.15) is 0 Å². The number of rotatable bonds is 3. The molecule has 3 N–H and O–H groups in total. The van der Waals surface area contributed by atoms with Gasteiger partial charge in [0.05, 0.1) is 18.8 Å². The fraction of sp³-hybridized carbons (Fsp3) is 0.154. The second-order valence-corrected chi connectivity index (χ2v) is 3.63. The molecule has 0 spiro atoms. The Morgan fingerprint density at radius 1 is 1.24 bits per heavy atom. The van der Waals surface area contributed by atoms with Crippen LogP contribution in [0.5, 0.6) is 11.5 Å². The first-order chi connectivity index (χ1) is 8.24. The van der Waals surface area contributed by atoms with E-state index in [1.807, 2.05) is 18.2 Å². The molecule has 0 fully saturated rings. The molecule has 17 heavy (non-hydrogen) atoms. The van der Waals surface area contributed by atoms with Gasteiger partial charge in [0, 0.05) is 11.8 Å². The number of aromatic nitrogens is 1.